The highest BCUT2D eigenvalue weighted by Gasteiger charge is 2.20. The Morgan fingerprint density at radius 2 is 1.00 bits per heavy atom. The fraction of sp³-hybridized carbons (Fsp3) is 0.0476. The van der Waals surface area contributed by atoms with E-state index in [1.165, 1.54) is 33.8 Å². The summed E-state index contributed by atoms with van der Waals surface area (Å²) in [7, 11) is 0. The zero-order chi connectivity index (χ0) is 14.9. The Kier molecular flexibility index (Phi) is 3.05. The Hall–Kier alpha value is -2.80. The molecule has 0 bridgehead atoms. The maximum absolute atomic E-state index is 2.36. The van der Waals surface area contributed by atoms with Crippen molar-refractivity contribution in [2.45, 2.75) is 6.92 Å². The van der Waals surface area contributed by atoms with Crippen LogP contribution in [0.2, 0.25) is 0 Å². The first-order valence-electron chi connectivity index (χ1n) is 7.56. The van der Waals surface area contributed by atoms with Crippen LogP contribution in [0.4, 0.5) is 17.1 Å². The van der Waals surface area contributed by atoms with Crippen LogP contribution in [0.3, 0.4) is 0 Å². The van der Waals surface area contributed by atoms with Gasteiger partial charge in [-0.1, -0.05) is 66.7 Å². The molecule has 22 heavy (non-hydrogen) atoms. The Labute approximate surface area is 131 Å². The monoisotopic (exact) mass is 283 g/mol. The van der Waals surface area contributed by atoms with Gasteiger partial charge in [-0.2, -0.15) is 0 Å². The number of para-hydroxylation sites is 3. The van der Waals surface area contributed by atoms with Crippen LogP contribution in [0.5, 0.6) is 0 Å². The fourth-order valence-electron chi connectivity index (χ4n) is 3.05. The standard InChI is InChI=1S/C21H17N/c1-16-8-2-5-11-19(16)22-20-12-6-3-9-17(20)14-15-18-10-4-7-13-21(18)22/h2-15H,1H3. The molecule has 0 unspecified atom stereocenters. The van der Waals surface area contributed by atoms with E-state index in [0.717, 1.165) is 0 Å². The molecule has 1 nitrogen and oxygen atoms in total. The molecule has 0 aliphatic carbocycles. The molecule has 0 amide bonds. The van der Waals surface area contributed by atoms with Gasteiger partial charge in [0.1, 0.15) is 0 Å². The second-order valence-electron chi connectivity index (χ2n) is 5.57. The fourth-order valence-corrected chi connectivity index (χ4v) is 3.05. The number of rotatable bonds is 1. The first-order chi connectivity index (χ1) is 10.8. The predicted octanol–water partition coefficient (Wildman–Crippen LogP) is 5.95. The topological polar surface area (TPSA) is 3.24 Å². The van der Waals surface area contributed by atoms with E-state index in [4.69, 9.17) is 0 Å². The molecule has 1 aliphatic heterocycles. The molecule has 0 saturated heterocycles. The van der Waals surface area contributed by atoms with Crippen LogP contribution in [-0.2, 0) is 0 Å². The molecule has 0 fully saturated rings. The predicted molar refractivity (Wildman–Crippen MR) is 94.8 cm³/mol. The Morgan fingerprint density at radius 3 is 1.55 bits per heavy atom. The lowest BCUT2D eigenvalue weighted by Gasteiger charge is -2.28. The number of hydrogen-bond donors (Lipinski definition) is 0. The van der Waals surface area contributed by atoms with Crippen LogP contribution >= 0.6 is 0 Å². The Bertz CT molecular complexity index is 812. The second kappa shape index (κ2) is 5.19. The molecule has 3 aromatic carbocycles. The highest BCUT2D eigenvalue weighted by atomic mass is 15.1. The van der Waals surface area contributed by atoms with Crippen LogP contribution in [0.1, 0.15) is 16.7 Å². The molecule has 0 saturated carbocycles. The molecule has 1 aliphatic rings. The Balaban J connectivity index is 2.04. The van der Waals surface area contributed by atoms with Crippen molar-refractivity contribution in [1.29, 1.82) is 0 Å². The van der Waals surface area contributed by atoms with Gasteiger partial charge in [0, 0.05) is 5.69 Å². The molecule has 0 spiro atoms. The maximum atomic E-state index is 2.36. The molecule has 1 heteroatoms. The summed E-state index contributed by atoms with van der Waals surface area (Å²) < 4.78 is 0. The van der Waals surface area contributed by atoms with Crippen molar-refractivity contribution in [3.05, 3.63) is 89.5 Å². The van der Waals surface area contributed by atoms with E-state index in [-0.39, 0.29) is 0 Å². The third kappa shape index (κ3) is 2.03. The summed E-state index contributed by atoms with van der Waals surface area (Å²) in [5, 5.41) is 0. The minimum atomic E-state index is 1.22. The van der Waals surface area contributed by atoms with Crippen molar-refractivity contribution >= 4 is 29.2 Å². The van der Waals surface area contributed by atoms with E-state index >= 15 is 0 Å². The number of anilines is 3. The SMILES string of the molecule is Cc1ccccc1N1c2ccccc2C=Cc2ccccc21. The largest absolute Gasteiger partial charge is 0.309 e. The van der Waals surface area contributed by atoms with E-state index in [9.17, 15) is 0 Å². The molecule has 1 heterocycles. The quantitative estimate of drug-likeness (QED) is 0.417. The average Bonchev–Trinajstić information content (AvgIpc) is 2.73. The summed E-state index contributed by atoms with van der Waals surface area (Å²) in [5.41, 5.74) is 7.42. The number of benzene rings is 3. The van der Waals surface area contributed by atoms with E-state index in [0.29, 0.717) is 0 Å². The van der Waals surface area contributed by atoms with Gasteiger partial charge in [-0.15, -0.1) is 0 Å². The van der Waals surface area contributed by atoms with Crippen molar-refractivity contribution in [3.63, 3.8) is 0 Å². The van der Waals surface area contributed by atoms with Gasteiger partial charge in [0.25, 0.3) is 0 Å². The van der Waals surface area contributed by atoms with Crippen molar-refractivity contribution in [3.8, 4) is 0 Å². The molecule has 0 aromatic heterocycles. The zero-order valence-electron chi connectivity index (χ0n) is 12.5. The molecule has 4 rings (SSSR count). The summed E-state index contributed by atoms with van der Waals surface area (Å²) in [5.74, 6) is 0. The van der Waals surface area contributed by atoms with Gasteiger partial charge in [0.15, 0.2) is 0 Å². The minimum absolute atomic E-state index is 1.22. The summed E-state index contributed by atoms with van der Waals surface area (Å²) in [6, 6.07) is 25.7. The summed E-state index contributed by atoms with van der Waals surface area (Å²) in [6.07, 6.45) is 4.40. The number of aryl methyl sites for hydroxylation is 1. The van der Waals surface area contributed by atoms with Gasteiger partial charge < -0.3 is 4.90 Å². The van der Waals surface area contributed by atoms with Crippen LogP contribution in [-0.4, -0.2) is 0 Å². The van der Waals surface area contributed by atoms with Crippen molar-refractivity contribution in [2.24, 2.45) is 0 Å². The second-order valence-corrected chi connectivity index (χ2v) is 5.57. The number of hydrogen-bond acceptors (Lipinski definition) is 1. The number of fused-ring (bicyclic) bond motifs is 2. The molecule has 106 valence electrons. The van der Waals surface area contributed by atoms with E-state index < -0.39 is 0 Å². The van der Waals surface area contributed by atoms with Gasteiger partial charge in [0.05, 0.1) is 11.4 Å². The molecule has 0 atom stereocenters. The van der Waals surface area contributed by atoms with E-state index in [2.05, 4.69) is 96.8 Å². The zero-order valence-corrected chi connectivity index (χ0v) is 12.5. The molecule has 0 radical (unpaired) electrons. The normalized spacial score (nSPS) is 12.5. The summed E-state index contributed by atoms with van der Waals surface area (Å²) in [4.78, 5) is 2.36. The smallest absolute Gasteiger partial charge is 0.0534 e. The highest BCUT2D eigenvalue weighted by Crippen LogP contribution is 2.42. The first kappa shape index (κ1) is 12.9. The molecule has 3 aromatic rings. The van der Waals surface area contributed by atoms with Crippen molar-refractivity contribution in [1.82, 2.24) is 0 Å². The van der Waals surface area contributed by atoms with Crippen LogP contribution in [0.15, 0.2) is 72.8 Å². The van der Waals surface area contributed by atoms with Gasteiger partial charge in [-0.3, -0.25) is 0 Å². The molecular formula is C21H17N. The molecular weight excluding hydrogens is 266 g/mol. The van der Waals surface area contributed by atoms with Gasteiger partial charge in [0.2, 0.25) is 0 Å². The first-order valence-corrected chi connectivity index (χ1v) is 7.56. The Morgan fingerprint density at radius 1 is 0.545 bits per heavy atom. The third-order valence-electron chi connectivity index (χ3n) is 4.15. The highest BCUT2D eigenvalue weighted by molar-refractivity contribution is 5.93. The lowest BCUT2D eigenvalue weighted by molar-refractivity contribution is 1.25. The third-order valence-corrected chi connectivity index (χ3v) is 4.15. The number of nitrogens with zero attached hydrogens (tertiary/aromatic N) is 1. The van der Waals surface area contributed by atoms with Crippen LogP contribution in [0, 0.1) is 6.92 Å². The van der Waals surface area contributed by atoms with Crippen molar-refractivity contribution < 1.29 is 0 Å². The van der Waals surface area contributed by atoms with Crippen LogP contribution in [0.25, 0.3) is 12.2 Å². The van der Waals surface area contributed by atoms with E-state index in [1.807, 2.05) is 0 Å². The van der Waals surface area contributed by atoms with Gasteiger partial charge >= 0.3 is 0 Å². The summed E-state index contributed by atoms with van der Waals surface area (Å²) >= 11 is 0. The maximum Gasteiger partial charge on any atom is 0.0534 e. The van der Waals surface area contributed by atoms with Gasteiger partial charge in [-0.25, -0.2) is 0 Å². The minimum Gasteiger partial charge on any atom is -0.309 e. The van der Waals surface area contributed by atoms with E-state index in [1.54, 1.807) is 0 Å². The van der Waals surface area contributed by atoms with Crippen molar-refractivity contribution in [2.75, 3.05) is 4.90 Å². The summed E-state index contributed by atoms with van der Waals surface area (Å²) in [6.45, 7) is 2.17. The lowest BCUT2D eigenvalue weighted by Crippen LogP contribution is -2.12. The molecule has 0 N–H and O–H groups in total. The average molecular weight is 283 g/mol. The van der Waals surface area contributed by atoms with Gasteiger partial charge in [-0.05, 0) is 41.8 Å². The van der Waals surface area contributed by atoms with Crippen LogP contribution < -0.4 is 4.90 Å². The lowest BCUT2D eigenvalue weighted by atomic mass is 10.1.